The van der Waals surface area contributed by atoms with Crippen LogP contribution in [0.4, 0.5) is 0 Å². The Balaban J connectivity index is 1.96. The van der Waals surface area contributed by atoms with Crippen LogP contribution in [0.3, 0.4) is 0 Å². The molecule has 3 heteroatoms. The molecule has 0 saturated heterocycles. The van der Waals surface area contributed by atoms with E-state index in [1.807, 2.05) is 24.3 Å². The third-order valence-electron chi connectivity index (χ3n) is 4.04. The molecule has 2 atom stereocenters. The maximum absolute atomic E-state index is 8.73. The first kappa shape index (κ1) is 13.9. The Morgan fingerprint density at radius 1 is 1.32 bits per heavy atom. The molecule has 1 aliphatic carbocycles. The summed E-state index contributed by atoms with van der Waals surface area (Å²) in [5.74, 6) is 1.73. The van der Waals surface area contributed by atoms with Crippen molar-refractivity contribution in [2.45, 2.75) is 52.1 Å². The molecule has 0 amide bonds. The molecule has 1 aromatic rings. The Kier molecular flexibility index (Phi) is 4.83. The van der Waals surface area contributed by atoms with Gasteiger partial charge in [-0.2, -0.15) is 0 Å². The molecular weight excluding hydrogens is 238 g/mol. The van der Waals surface area contributed by atoms with Crippen LogP contribution in [-0.4, -0.2) is 17.0 Å². The van der Waals surface area contributed by atoms with Gasteiger partial charge in [-0.15, -0.1) is 0 Å². The van der Waals surface area contributed by atoms with Gasteiger partial charge < -0.3 is 9.94 Å². The average Bonchev–Trinajstić information content (AvgIpc) is 2.47. The quantitative estimate of drug-likeness (QED) is 0.500. The first-order chi connectivity index (χ1) is 9.22. The minimum atomic E-state index is 0.358. The maximum Gasteiger partial charge on any atom is 0.119 e. The van der Waals surface area contributed by atoms with Crippen LogP contribution in [0.1, 0.15) is 51.5 Å². The lowest BCUT2D eigenvalue weighted by molar-refractivity contribution is 0.122. The van der Waals surface area contributed by atoms with Crippen molar-refractivity contribution >= 4 is 5.71 Å². The van der Waals surface area contributed by atoms with Crippen LogP contribution in [0.5, 0.6) is 5.75 Å². The Labute approximate surface area is 115 Å². The predicted molar refractivity (Wildman–Crippen MR) is 77.1 cm³/mol. The Morgan fingerprint density at radius 3 is 2.68 bits per heavy atom. The third-order valence-corrected chi connectivity index (χ3v) is 4.04. The molecule has 104 valence electrons. The Morgan fingerprint density at radius 2 is 2.05 bits per heavy atom. The van der Waals surface area contributed by atoms with E-state index in [2.05, 4.69) is 12.1 Å². The lowest BCUT2D eigenvalue weighted by Gasteiger charge is -2.29. The highest BCUT2D eigenvalue weighted by Gasteiger charge is 2.21. The number of oxime groups is 1. The van der Waals surface area contributed by atoms with Crippen molar-refractivity contribution in [2.75, 3.05) is 0 Å². The highest BCUT2D eigenvalue weighted by Crippen LogP contribution is 2.29. The molecule has 2 rings (SSSR count). The molecule has 1 N–H and O–H groups in total. The standard InChI is InChI=1S/C16H23NO2/c1-3-13-5-4-6-16(11-13)19-15-9-7-14(8-10-15)12(2)17-18/h7-10,13,16,18H,3-6,11H2,1-2H3. The topological polar surface area (TPSA) is 41.8 Å². The molecule has 1 aliphatic rings. The van der Waals surface area contributed by atoms with E-state index in [-0.39, 0.29) is 0 Å². The van der Waals surface area contributed by atoms with Crippen LogP contribution in [0.25, 0.3) is 0 Å². The Hall–Kier alpha value is -1.51. The SMILES string of the molecule is CCC1CCCC(Oc2ccc(C(C)=NO)cc2)C1. The zero-order valence-corrected chi connectivity index (χ0v) is 11.8. The second-order valence-electron chi connectivity index (χ2n) is 5.39. The van der Waals surface area contributed by atoms with E-state index in [9.17, 15) is 0 Å². The summed E-state index contributed by atoms with van der Waals surface area (Å²) in [6.07, 6.45) is 6.58. The Bertz CT molecular complexity index is 425. The lowest BCUT2D eigenvalue weighted by Crippen LogP contribution is -2.25. The van der Waals surface area contributed by atoms with E-state index >= 15 is 0 Å². The largest absolute Gasteiger partial charge is 0.490 e. The van der Waals surface area contributed by atoms with Gasteiger partial charge in [-0.3, -0.25) is 0 Å². The summed E-state index contributed by atoms with van der Waals surface area (Å²) in [5.41, 5.74) is 1.54. The van der Waals surface area contributed by atoms with Crippen molar-refractivity contribution in [3.63, 3.8) is 0 Å². The number of ether oxygens (including phenoxy) is 1. The van der Waals surface area contributed by atoms with Gasteiger partial charge in [0.1, 0.15) is 5.75 Å². The van der Waals surface area contributed by atoms with Gasteiger partial charge in [-0.1, -0.05) is 24.9 Å². The molecule has 0 aromatic heterocycles. The summed E-state index contributed by atoms with van der Waals surface area (Å²) in [5, 5.41) is 11.9. The molecule has 0 aliphatic heterocycles. The van der Waals surface area contributed by atoms with Crippen LogP contribution in [0.15, 0.2) is 29.4 Å². The summed E-state index contributed by atoms with van der Waals surface area (Å²) < 4.78 is 6.05. The molecule has 1 aromatic carbocycles. The van der Waals surface area contributed by atoms with Gasteiger partial charge in [0.05, 0.1) is 11.8 Å². The molecule has 0 bridgehead atoms. The monoisotopic (exact) mass is 261 g/mol. The molecule has 0 spiro atoms. The number of rotatable bonds is 4. The molecule has 1 fully saturated rings. The average molecular weight is 261 g/mol. The van der Waals surface area contributed by atoms with Gasteiger partial charge in [0, 0.05) is 0 Å². The van der Waals surface area contributed by atoms with Crippen LogP contribution < -0.4 is 4.74 Å². The zero-order chi connectivity index (χ0) is 13.7. The van der Waals surface area contributed by atoms with E-state index in [1.54, 1.807) is 6.92 Å². The van der Waals surface area contributed by atoms with Crippen molar-refractivity contribution in [2.24, 2.45) is 11.1 Å². The van der Waals surface area contributed by atoms with Crippen LogP contribution in [0, 0.1) is 5.92 Å². The first-order valence-electron chi connectivity index (χ1n) is 7.18. The van der Waals surface area contributed by atoms with E-state index in [0.29, 0.717) is 11.8 Å². The number of benzene rings is 1. The molecule has 0 radical (unpaired) electrons. The minimum Gasteiger partial charge on any atom is -0.490 e. The molecular formula is C16H23NO2. The normalized spacial score (nSPS) is 24.2. The van der Waals surface area contributed by atoms with Crippen LogP contribution in [-0.2, 0) is 0 Å². The minimum absolute atomic E-state index is 0.358. The first-order valence-corrected chi connectivity index (χ1v) is 7.18. The van der Waals surface area contributed by atoms with Gasteiger partial charge in [-0.25, -0.2) is 0 Å². The molecule has 0 heterocycles. The maximum atomic E-state index is 8.73. The molecule has 3 nitrogen and oxygen atoms in total. The van der Waals surface area contributed by atoms with E-state index in [0.717, 1.165) is 23.7 Å². The summed E-state index contributed by atoms with van der Waals surface area (Å²) >= 11 is 0. The fraction of sp³-hybridized carbons (Fsp3) is 0.562. The summed E-state index contributed by atoms with van der Waals surface area (Å²) in [7, 11) is 0. The second-order valence-corrected chi connectivity index (χ2v) is 5.39. The fourth-order valence-electron chi connectivity index (χ4n) is 2.74. The van der Waals surface area contributed by atoms with Crippen molar-refractivity contribution < 1.29 is 9.94 Å². The highest BCUT2D eigenvalue weighted by atomic mass is 16.5. The van der Waals surface area contributed by atoms with Crippen LogP contribution >= 0.6 is 0 Å². The lowest BCUT2D eigenvalue weighted by atomic mass is 9.85. The summed E-state index contributed by atoms with van der Waals surface area (Å²) in [6.45, 7) is 4.04. The van der Waals surface area contributed by atoms with E-state index < -0.39 is 0 Å². The van der Waals surface area contributed by atoms with E-state index in [4.69, 9.17) is 9.94 Å². The molecule has 1 saturated carbocycles. The fourth-order valence-corrected chi connectivity index (χ4v) is 2.74. The van der Waals surface area contributed by atoms with Crippen LogP contribution in [0.2, 0.25) is 0 Å². The van der Waals surface area contributed by atoms with Gasteiger partial charge in [-0.05, 0) is 61.9 Å². The molecule has 19 heavy (non-hydrogen) atoms. The number of hydrogen-bond donors (Lipinski definition) is 1. The van der Waals surface area contributed by atoms with Crippen molar-refractivity contribution in [3.8, 4) is 5.75 Å². The third kappa shape index (κ3) is 3.72. The van der Waals surface area contributed by atoms with Gasteiger partial charge in [0.15, 0.2) is 0 Å². The number of nitrogens with zero attached hydrogens (tertiary/aromatic N) is 1. The smallest absolute Gasteiger partial charge is 0.119 e. The second kappa shape index (κ2) is 6.60. The zero-order valence-electron chi connectivity index (χ0n) is 11.8. The molecule has 2 unspecified atom stereocenters. The van der Waals surface area contributed by atoms with Gasteiger partial charge >= 0.3 is 0 Å². The van der Waals surface area contributed by atoms with Crippen molar-refractivity contribution in [3.05, 3.63) is 29.8 Å². The van der Waals surface area contributed by atoms with Gasteiger partial charge in [0.2, 0.25) is 0 Å². The van der Waals surface area contributed by atoms with Crippen molar-refractivity contribution in [1.29, 1.82) is 0 Å². The number of hydrogen-bond acceptors (Lipinski definition) is 3. The van der Waals surface area contributed by atoms with Crippen molar-refractivity contribution in [1.82, 2.24) is 0 Å². The van der Waals surface area contributed by atoms with Gasteiger partial charge in [0.25, 0.3) is 0 Å². The summed E-state index contributed by atoms with van der Waals surface area (Å²) in [6, 6.07) is 7.79. The van der Waals surface area contributed by atoms with E-state index in [1.165, 1.54) is 25.7 Å². The highest BCUT2D eigenvalue weighted by molar-refractivity contribution is 5.98. The predicted octanol–water partition coefficient (Wildman–Crippen LogP) is 4.23. The summed E-state index contributed by atoms with van der Waals surface area (Å²) in [4.78, 5) is 0.